The van der Waals surface area contributed by atoms with Gasteiger partial charge >= 0.3 is 5.97 Å². The highest BCUT2D eigenvalue weighted by atomic mass is 16.5. The lowest BCUT2D eigenvalue weighted by atomic mass is 9.79. The average molecular weight is 275 g/mol. The van der Waals surface area contributed by atoms with E-state index in [2.05, 4.69) is 50.8 Å². The Kier molecular flexibility index (Phi) is 3.81. The van der Waals surface area contributed by atoms with Crippen molar-refractivity contribution in [1.29, 1.82) is 0 Å². The van der Waals surface area contributed by atoms with Gasteiger partial charge in [0.2, 0.25) is 0 Å². The second-order valence-electron chi connectivity index (χ2n) is 6.55. The largest absolute Gasteiger partial charge is 0.467 e. The summed E-state index contributed by atoms with van der Waals surface area (Å²) < 4.78 is 4.94. The molecule has 1 aliphatic heterocycles. The van der Waals surface area contributed by atoms with Crippen LogP contribution in [0.2, 0.25) is 0 Å². The Morgan fingerprint density at radius 3 is 2.70 bits per heavy atom. The molecular formula is C17H25NO2. The zero-order valence-electron chi connectivity index (χ0n) is 13.4. The van der Waals surface area contributed by atoms with E-state index in [1.54, 1.807) is 0 Å². The molecule has 2 unspecified atom stereocenters. The summed E-state index contributed by atoms with van der Waals surface area (Å²) >= 11 is 0. The Bertz CT molecular complexity index is 522. The van der Waals surface area contributed by atoms with Crippen molar-refractivity contribution in [3.05, 3.63) is 29.3 Å². The number of esters is 1. The topological polar surface area (TPSA) is 29.5 Å². The molecule has 20 heavy (non-hydrogen) atoms. The highest BCUT2D eigenvalue weighted by Crippen LogP contribution is 2.44. The van der Waals surface area contributed by atoms with Gasteiger partial charge in [-0.15, -0.1) is 0 Å². The Morgan fingerprint density at radius 2 is 2.10 bits per heavy atom. The van der Waals surface area contributed by atoms with Crippen LogP contribution in [0.25, 0.3) is 0 Å². The molecular weight excluding hydrogens is 250 g/mol. The zero-order chi connectivity index (χ0) is 15.1. The number of carbonyl (C=O) groups excluding carboxylic acids is 1. The van der Waals surface area contributed by atoms with E-state index in [1.165, 1.54) is 18.2 Å². The molecule has 1 aromatic carbocycles. The third-order valence-electron chi connectivity index (χ3n) is 4.36. The fourth-order valence-electron chi connectivity index (χ4n) is 3.58. The fraction of sp³-hybridized carbons (Fsp3) is 0.588. The lowest BCUT2D eigenvalue weighted by molar-refractivity contribution is -0.142. The average Bonchev–Trinajstić information content (AvgIpc) is 2.37. The first-order valence-electron chi connectivity index (χ1n) is 7.25. The van der Waals surface area contributed by atoms with Gasteiger partial charge in [0.1, 0.15) is 6.04 Å². The number of ether oxygens (including phenoxy) is 1. The molecule has 0 radical (unpaired) electrons. The first kappa shape index (κ1) is 14.9. The van der Waals surface area contributed by atoms with E-state index < -0.39 is 0 Å². The number of carbonyl (C=O) groups is 1. The molecule has 2 atom stereocenters. The molecule has 0 spiro atoms. The monoisotopic (exact) mass is 275 g/mol. The lowest BCUT2D eigenvalue weighted by Crippen LogP contribution is -2.55. The van der Waals surface area contributed by atoms with Gasteiger partial charge in [-0.1, -0.05) is 24.6 Å². The minimum absolute atomic E-state index is 0.0602. The summed E-state index contributed by atoms with van der Waals surface area (Å²) in [5, 5.41) is 0. The van der Waals surface area contributed by atoms with E-state index >= 15 is 0 Å². The summed E-state index contributed by atoms with van der Waals surface area (Å²) in [5.41, 5.74) is 3.70. The molecule has 0 N–H and O–H groups in total. The number of hydrogen-bond acceptors (Lipinski definition) is 3. The van der Waals surface area contributed by atoms with Crippen molar-refractivity contribution in [2.75, 3.05) is 12.0 Å². The Labute approximate surface area is 121 Å². The van der Waals surface area contributed by atoms with Crippen LogP contribution in [-0.4, -0.2) is 24.7 Å². The Balaban J connectivity index is 2.54. The van der Waals surface area contributed by atoms with Gasteiger partial charge in [-0.2, -0.15) is 0 Å². The number of benzene rings is 1. The summed E-state index contributed by atoms with van der Waals surface area (Å²) in [5.74, 6) is 0.320. The van der Waals surface area contributed by atoms with Gasteiger partial charge in [0.25, 0.3) is 0 Å². The molecule has 2 rings (SSSR count). The number of hydrogen-bond donors (Lipinski definition) is 0. The highest BCUT2D eigenvalue weighted by Gasteiger charge is 2.41. The quantitative estimate of drug-likeness (QED) is 0.772. The van der Waals surface area contributed by atoms with Crippen LogP contribution in [0.3, 0.4) is 0 Å². The van der Waals surface area contributed by atoms with Crippen molar-refractivity contribution < 1.29 is 9.53 Å². The Morgan fingerprint density at radius 1 is 1.45 bits per heavy atom. The molecule has 0 aliphatic carbocycles. The van der Waals surface area contributed by atoms with Gasteiger partial charge in [0, 0.05) is 11.2 Å². The molecule has 1 heterocycles. The van der Waals surface area contributed by atoms with E-state index in [4.69, 9.17) is 4.74 Å². The van der Waals surface area contributed by atoms with Crippen molar-refractivity contribution in [3.63, 3.8) is 0 Å². The first-order valence-corrected chi connectivity index (χ1v) is 7.25. The smallest absolute Gasteiger partial charge is 0.328 e. The van der Waals surface area contributed by atoms with E-state index in [9.17, 15) is 4.79 Å². The molecule has 3 heteroatoms. The first-order chi connectivity index (χ1) is 9.27. The highest BCUT2D eigenvalue weighted by molar-refractivity contribution is 5.81. The second kappa shape index (κ2) is 5.12. The Hall–Kier alpha value is -1.51. The van der Waals surface area contributed by atoms with Gasteiger partial charge in [-0.05, 0) is 51.7 Å². The fourth-order valence-corrected chi connectivity index (χ4v) is 3.58. The van der Waals surface area contributed by atoms with Crippen LogP contribution in [-0.2, 0) is 9.53 Å². The van der Waals surface area contributed by atoms with Crippen LogP contribution >= 0.6 is 0 Å². The summed E-state index contributed by atoms with van der Waals surface area (Å²) in [6.45, 7) is 10.7. The van der Waals surface area contributed by atoms with Crippen LogP contribution in [0.5, 0.6) is 0 Å². The molecule has 0 amide bonds. The predicted molar refractivity (Wildman–Crippen MR) is 82.2 cm³/mol. The van der Waals surface area contributed by atoms with E-state index in [0.717, 1.165) is 12.1 Å². The van der Waals surface area contributed by atoms with Crippen LogP contribution in [0.4, 0.5) is 5.69 Å². The summed E-state index contributed by atoms with van der Waals surface area (Å²) in [6, 6.07) is 6.22. The van der Waals surface area contributed by atoms with Crippen molar-refractivity contribution in [2.24, 2.45) is 0 Å². The second-order valence-corrected chi connectivity index (χ2v) is 6.55. The van der Waals surface area contributed by atoms with Crippen LogP contribution in [0.15, 0.2) is 18.2 Å². The van der Waals surface area contributed by atoms with Crippen molar-refractivity contribution in [2.45, 2.75) is 58.5 Å². The maximum absolute atomic E-state index is 12.0. The zero-order valence-corrected chi connectivity index (χ0v) is 13.4. The standard InChI is InChI=1S/C17H25NO2/c1-11-7-8-15-14(9-11)12(2)10-17(4,5)18(15)13(3)16(19)20-6/h7-9,12-13H,10H2,1-6H3. The van der Waals surface area contributed by atoms with E-state index in [1.807, 2.05) is 6.92 Å². The minimum Gasteiger partial charge on any atom is -0.467 e. The third kappa shape index (κ3) is 2.41. The van der Waals surface area contributed by atoms with Crippen LogP contribution in [0, 0.1) is 6.92 Å². The summed E-state index contributed by atoms with van der Waals surface area (Å²) in [7, 11) is 1.45. The van der Waals surface area contributed by atoms with E-state index in [-0.39, 0.29) is 17.6 Å². The number of nitrogens with zero attached hydrogens (tertiary/aromatic N) is 1. The molecule has 3 nitrogen and oxygen atoms in total. The van der Waals surface area contributed by atoms with E-state index in [0.29, 0.717) is 5.92 Å². The SMILES string of the molecule is COC(=O)C(C)N1c2ccc(C)cc2C(C)CC1(C)C. The number of fused-ring (bicyclic) bond motifs is 1. The van der Waals surface area contributed by atoms with Gasteiger partial charge in [0.05, 0.1) is 7.11 Å². The predicted octanol–water partition coefficient (Wildman–Crippen LogP) is 3.65. The van der Waals surface area contributed by atoms with Crippen LogP contribution in [0.1, 0.15) is 51.2 Å². The van der Waals surface area contributed by atoms with Gasteiger partial charge in [-0.25, -0.2) is 4.79 Å². The van der Waals surface area contributed by atoms with Gasteiger partial charge < -0.3 is 9.64 Å². The van der Waals surface area contributed by atoms with Crippen molar-refractivity contribution in [1.82, 2.24) is 0 Å². The number of methoxy groups -OCH3 is 1. The number of aryl methyl sites for hydroxylation is 1. The molecule has 0 saturated carbocycles. The van der Waals surface area contributed by atoms with Crippen molar-refractivity contribution in [3.8, 4) is 0 Å². The molecule has 1 aromatic rings. The molecule has 0 bridgehead atoms. The molecule has 110 valence electrons. The van der Waals surface area contributed by atoms with Crippen LogP contribution < -0.4 is 4.90 Å². The maximum Gasteiger partial charge on any atom is 0.328 e. The summed E-state index contributed by atoms with van der Waals surface area (Å²) in [4.78, 5) is 14.2. The van der Waals surface area contributed by atoms with Crippen molar-refractivity contribution >= 4 is 11.7 Å². The minimum atomic E-state index is -0.274. The third-order valence-corrected chi connectivity index (χ3v) is 4.36. The summed E-state index contributed by atoms with van der Waals surface area (Å²) in [6.07, 6.45) is 1.03. The van der Waals surface area contributed by atoms with Gasteiger partial charge in [0.15, 0.2) is 0 Å². The molecule has 1 aliphatic rings. The molecule has 0 saturated heterocycles. The lowest BCUT2D eigenvalue weighted by Gasteiger charge is -2.49. The van der Waals surface area contributed by atoms with Gasteiger partial charge in [-0.3, -0.25) is 0 Å². The number of rotatable bonds is 2. The molecule has 0 aromatic heterocycles. The number of anilines is 1. The normalized spacial score (nSPS) is 22.1. The maximum atomic E-state index is 12.0. The molecule has 0 fully saturated rings.